The van der Waals surface area contributed by atoms with Crippen molar-refractivity contribution in [1.29, 1.82) is 0 Å². The maximum atomic E-state index is 11.5. The van der Waals surface area contributed by atoms with Crippen molar-refractivity contribution >= 4 is 5.91 Å². The lowest BCUT2D eigenvalue weighted by molar-refractivity contribution is -0.829. The first kappa shape index (κ1) is 11.5. The smallest absolute Gasteiger partial charge is 0.284 e. The van der Waals surface area contributed by atoms with E-state index in [0.717, 1.165) is 19.5 Å². The molecule has 1 aliphatic rings. The molecule has 0 spiro atoms. The molecule has 0 saturated carbocycles. The first-order valence-electron chi connectivity index (χ1n) is 5.27. The summed E-state index contributed by atoms with van der Waals surface area (Å²) in [6.45, 7) is 7.73. The van der Waals surface area contributed by atoms with Crippen molar-refractivity contribution in [2.24, 2.45) is 0 Å². The molecular formula is C10H21N2O2+. The van der Waals surface area contributed by atoms with Crippen LogP contribution in [-0.4, -0.2) is 42.3 Å². The molecule has 1 aliphatic heterocycles. The Morgan fingerprint density at radius 2 is 2.29 bits per heavy atom. The van der Waals surface area contributed by atoms with E-state index in [-0.39, 0.29) is 24.1 Å². The zero-order valence-corrected chi connectivity index (χ0v) is 9.26. The van der Waals surface area contributed by atoms with E-state index in [1.807, 2.05) is 20.8 Å². The minimum Gasteiger partial charge on any atom is -0.390 e. The SMILES string of the molecule is CCCNC(=O)[C@@H]1C[NH+]1C(C)(C)CO. The Balaban J connectivity index is 2.35. The molecule has 4 heteroatoms. The lowest BCUT2D eigenvalue weighted by Crippen LogP contribution is -3.06. The fraction of sp³-hybridized carbons (Fsp3) is 0.900. The van der Waals surface area contributed by atoms with Gasteiger partial charge in [0.05, 0.1) is 6.61 Å². The van der Waals surface area contributed by atoms with Gasteiger partial charge in [-0.2, -0.15) is 0 Å². The number of amides is 1. The molecule has 14 heavy (non-hydrogen) atoms. The van der Waals surface area contributed by atoms with Crippen molar-refractivity contribution in [2.45, 2.75) is 38.8 Å². The summed E-state index contributed by atoms with van der Waals surface area (Å²) in [6, 6.07) is 0.0590. The van der Waals surface area contributed by atoms with Crippen molar-refractivity contribution in [3.8, 4) is 0 Å². The highest BCUT2D eigenvalue weighted by Gasteiger charge is 2.54. The lowest BCUT2D eigenvalue weighted by Gasteiger charge is -2.20. The quantitative estimate of drug-likeness (QED) is 0.477. The molecule has 0 aromatic rings. The van der Waals surface area contributed by atoms with Gasteiger partial charge in [0.15, 0.2) is 0 Å². The zero-order valence-electron chi connectivity index (χ0n) is 9.26. The minimum absolute atomic E-state index is 0.0590. The Morgan fingerprint density at radius 3 is 2.79 bits per heavy atom. The molecule has 2 atom stereocenters. The van der Waals surface area contributed by atoms with Crippen LogP contribution in [-0.2, 0) is 4.79 Å². The number of carbonyl (C=O) groups is 1. The maximum absolute atomic E-state index is 11.5. The van der Waals surface area contributed by atoms with Gasteiger partial charge < -0.3 is 15.3 Å². The fourth-order valence-corrected chi connectivity index (χ4v) is 1.63. The van der Waals surface area contributed by atoms with Gasteiger partial charge in [0, 0.05) is 6.54 Å². The number of quaternary nitrogens is 1. The van der Waals surface area contributed by atoms with Crippen LogP contribution in [0.2, 0.25) is 0 Å². The monoisotopic (exact) mass is 201 g/mol. The topological polar surface area (TPSA) is 53.8 Å². The molecule has 1 saturated heterocycles. The first-order valence-corrected chi connectivity index (χ1v) is 5.27. The highest BCUT2D eigenvalue weighted by Crippen LogP contribution is 2.03. The summed E-state index contributed by atoms with van der Waals surface area (Å²) in [7, 11) is 0. The van der Waals surface area contributed by atoms with E-state index in [2.05, 4.69) is 5.32 Å². The summed E-state index contributed by atoms with van der Waals surface area (Å²) in [5.41, 5.74) is -0.186. The molecule has 1 unspecified atom stereocenters. The molecule has 0 bridgehead atoms. The van der Waals surface area contributed by atoms with Crippen LogP contribution in [0, 0.1) is 0 Å². The predicted octanol–water partition coefficient (Wildman–Crippen LogP) is -1.45. The van der Waals surface area contributed by atoms with Crippen molar-refractivity contribution in [2.75, 3.05) is 19.7 Å². The summed E-state index contributed by atoms with van der Waals surface area (Å²) >= 11 is 0. The van der Waals surface area contributed by atoms with Gasteiger partial charge in [0.2, 0.25) is 6.04 Å². The van der Waals surface area contributed by atoms with E-state index in [1.165, 1.54) is 4.90 Å². The summed E-state index contributed by atoms with van der Waals surface area (Å²) in [5, 5.41) is 12.0. The second-order valence-electron chi connectivity index (χ2n) is 4.61. The number of aliphatic hydroxyl groups excluding tert-OH is 1. The predicted molar refractivity (Wildman–Crippen MR) is 54.1 cm³/mol. The van der Waals surface area contributed by atoms with Crippen molar-refractivity contribution < 1.29 is 14.8 Å². The third kappa shape index (κ3) is 2.45. The second-order valence-corrected chi connectivity index (χ2v) is 4.61. The molecule has 0 aliphatic carbocycles. The number of carbonyl (C=O) groups excluding carboxylic acids is 1. The zero-order chi connectivity index (χ0) is 10.8. The standard InChI is InChI=1S/C10H20N2O2/c1-4-5-11-9(14)8-6-12(8)10(2,3)7-13/h8,13H,4-7H2,1-3H3,(H,11,14)/p+1/t8-,12?/m0/s1. The summed E-state index contributed by atoms with van der Waals surface area (Å²) in [5.74, 6) is 0.128. The third-order valence-corrected chi connectivity index (χ3v) is 2.81. The van der Waals surface area contributed by atoms with Crippen LogP contribution in [0.4, 0.5) is 0 Å². The van der Waals surface area contributed by atoms with Crippen LogP contribution in [0.15, 0.2) is 0 Å². The largest absolute Gasteiger partial charge is 0.390 e. The highest BCUT2D eigenvalue weighted by molar-refractivity contribution is 5.82. The average Bonchev–Trinajstić information content (AvgIpc) is 2.94. The highest BCUT2D eigenvalue weighted by atomic mass is 16.3. The normalized spacial score (nSPS) is 26.0. The molecule has 0 radical (unpaired) electrons. The molecule has 0 aromatic carbocycles. The number of nitrogens with one attached hydrogen (secondary N) is 2. The Kier molecular flexibility index (Phi) is 3.50. The van der Waals surface area contributed by atoms with Gasteiger partial charge in [0.25, 0.3) is 5.91 Å². The molecule has 1 heterocycles. The Labute approximate surface area is 85.3 Å². The summed E-state index contributed by atoms with van der Waals surface area (Å²) in [4.78, 5) is 12.7. The van der Waals surface area contributed by atoms with E-state index in [4.69, 9.17) is 5.11 Å². The van der Waals surface area contributed by atoms with E-state index >= 15 is 0 Å². The average molecular weight is 201 g/mol. The van der Waals surface area contributed by atoms with Crippen LogP contribution in [0.1, 0.15) is 27.2 Å². The molecule has 1 fully saturated rings. The van der Waals surface area contributed by atoms with Crippen LogP contribution in [0.3, 0.4) is 0 Å². The molecule has 1 amide bonds. The molecule has 3 N–H and O–H groups in total. The van der Waals surface area contributed by atoms with Crippen LogP contribution >= 0.6 is 0 Å². The van der Waals surface area contributed by atoms with Crippen molar-refractivity contribution in [3.05, 3.63) is 0 Å². The number of hydrogen-bond acceptors (Lipinski definition) is 2. The molecule has 82 valence electrons. The first-order chi connectivity index (χ1) is 6.53. The van der Waals surface area contributed by atoms with E-state index in [1.54, 1.807) is 0 Å². The van der Waals surface area contributed by atoms with Crippen molar-refractivity contribution in [3.63, 3.8) is 0 Å². The van der Waals surface area contributed by atoms with Gasteiger partial charge in [-0.25, -0.2) is 0 Å². The second kappa shape index (κ2) is 4.28. The summed E-state index contributed by atoms with van der Waals surface area (Å²) < 4.78 is 0. The van der Waals surface area contributed by atoms with Crippen LogP contribution in [0.25, 0.3) is 0 Å². The molecule has 1 rings (SSSR count). The third-order valence-electron chi connectivity index (χ3n) is 2.81. The number of rotatable bonds is 5. The fourth-order valence-electron chi connectivity index (χ4n) is 1.63. The summed E-state index contributed by atoms with van der Waals surface area (Å²) in [6.07, 6.45) is 0.969. The van der Waals surface area contributed by atoms with Gasteiger partial charge in [-0.05, 0) is 20.3 Å². The van der Waals surface area contributed by atoms with Gasteiger partial charge in [-0.15, -0.1) is 0 Å². The van der Waals surface area contributed by atoms with E-state index in [9.17, 15) is 4.79 Å². The molecule has 0 aromatic heterocycles. The molecule has 4 nitrogen and oxygen atoms in total. The Bertz CT molecular complexity index is 216. The van der Waals surface area contributed by atoms with Crippen molar-refractivity contribution in [1.82, 2.24) is 5.32 Å². The lowest BCUT2D eigenvalue weighted by atomic mass is 10.1. The maximum Gasteiger partial charge on any atom is 0.284 e. The van der Waals surface area contributed by atoms with Gasteiger partial charge in [-0.1, -0.05) is 6.92 Å². The van der Waals surface area contributed by atoms with Gasteiger partial charge >= 0.3 is 0 Å². The van der Waals surface area contributed by atoms with Gasteiger partial charge in [0.1, 0.15) is 12.1 Å². The minimum atomic E-state index is -0.186. The molecular weight excluding hydrogens is 180 g/mol. The van der Waals surface area contributed by atoms with E-state index < -0.39 is 0 Å². The van der Waals surface area contributed by atoms with Gasteiger partial charge in [-0.3, -0.25) is 4.79 Å². The van der Waals surface area contributed by atoms with E-state index in [0.29, 0.717) is 0 Å². The van der Waals surface area contributed by atoms with Crippen LogP contribution in [0.5, 0.6) is 0 Å². The number of aliphatic hydroxyl groups is 1. The van der Waals surface area contributed by atoms with Crippen LogP contribution < -0.4 is 10.2 Å². The Morgan fingerprint density at radius 1 is 1.64 bits per heavy atom. The number of hydrogen-bond donors (Lipinski definition) is 3. The Hall–Kier alpha value is -0.610.